The van der Waals surface area contributed by atoms with E-state index in [1.165, 1.54) is 10.9 Å². The summed E-state index contributed by atoms with van der Waals surface area (Å²) in [7, 11) is -3.52. The average Bonchev–Trinajstić information content (AvgIpc) is 2.56. The number of hydrogen-bond donors (Lipinski definition) is 0. The summed E-state index contributed by atoms with van der Waals surface area (Å²) in [6, 6.07) is 15.3. The van der Waals surface area contributed by atoms with Crippen molar-refractivity contribution < 1.29 is 12.6 Å². The molecule has 0 N–H and O–H groups in total. The zero-order chi connectivity index (χ0) is 17.2. The molecule has 0 saturated heterocycles. The molecule has 0 aliphatic rings. The van der Waals surface area contributed by atoms with Gasteiger partial charge in [-0.2, -0.15) is 8.42 Å². The van der Waals surface area contributed by atoms with Crippen molar-refractivity contribution in [2.75, 3.05) is 12.9 Å². The van der Waals surface area contributed by atoms with E-state index < -0.39 is 10.1 Å². The van der Waals surface area contributed by atoms with Crippen LogP contribution in [0.25, 0.3) is 22.0 Å². The highest BCUT2D eigenvalue weighted by atomic mass is 32.2. The fourth-order valence-electron chi connectivity index (χ4n) is 2.41. The average molecular weight is 344 g/mol. The van der Waals surface area contributed by atoms with Gasteiger partial charge < -0.3 is 0 Å². The van der Waals surface area contributed by atoms with Crippen molar-refractivity contribution in [3.63, 3.8) is 0 Å². The van der Waals surface area contributed by atoms with Crippen LogP contribution in [0.15, 0.2) is 59.7 Å². The number of aromatic nitrogens is 2. The van der Waals surface area contributed by atoms with Crippen LogP contribution in [0, 0.1) is 0 Å². The summed E-state index contributed by atoms with van der Waals surface area (Å²) < 4.78 is 27.9. The lowest BCUT2D eigenvalue weighted by Crippen LogP contribution is -2.23. The third-order valence-electron chi connectivity index (χ3n) is 3.56. The monoisotopic (exact) mass is 344 g/mol. The minimum Gasteiger partial charge on any atom is -0.296 e. The first-order valence-electron chi connectivity index (χ1n) is 7.33. The van der Waals surface area contributed by atoms with Crippen molar-refractivity contribution in [3.05, 3.63) is 65.2 Å². The number of hydrogen-bond acceptors (Lipinski definition) is 5. The molecule has 0 fully saturated rings. The Bertz CT molecular complexity index is 1030. The molecule has 7 heteroatoms. The fourth-order valence-corrected chi connectivity index (χ4v) is 2.79. The van der Waals surface area contributed by atoms with Crippen molar-refractivity contribution in [1.29, 1.82) is 0 Å². The number of fused-ring (bicyclic) bond motifs is 1. The van der Waals surface area contributed by atoms with Gasteiger partial charge in [0.25, 0.3) is 15.7 Å². The summed E-state index contributed by atoms with van der Waals surface area (Å²) in [5.41, 5.74) is 2.40. The first-order valence-corrected chi connectivity index (χ1v) is 9.15. The molecule has 0 bridgehead atoms. The Kier molecular flexibility index (Phi) is 4.46. The standard InChI is InChI=1S/C17H16N2O4S/c1-24(21,22)23-10-9-19-12-18-16-11-14(7-8-15(16)17(19)20)13-5-3-2-4-6-13/h2-8,11-12H,9-10H2,1H3. The van der Waals surface area contributed by atoms with Gasteiger partial charge in [0, 0.05) is 0 Å². The predicted octanol–water partition coefficient (Wildman–Crippen LogP) is 2.04. The van der Waals surface area contributed by atoms with Gasteiger partial charge in [-0.3, -0.25) is 13.5 Å². The van der Waals surface area contributed by atoms with Gasteiger partial charge in [0.1, 0.15) is 0 Å². The molecule has 0 saturated carbocycles. The molecule has 0 radical (unpaired) electrons. The molecule has 0 spiro atoms. The molecule has 6 nitrogen and oxygen atoms in total. The molecule has 0 aliphatic carbocycles. The molecule has 0 atom stereocenters. The van der Waals surface area contributed by atoms with Crippen LogP contribution in [-0.2, 0) is 20.8 Å². The van der Waals surface area contributed by atoms with E-state index in [1.54, 1.807) is 6.07 Å². The van der Waals surface area contributed by atoms with Crippen molar-refractivity contribution in [2.24, 2.45) is 0 Å². The zero-order valence-electron chi connectivity index (χ0n) is 13.0. The Morgan fingerprint density at radius 3 is 2.54 bits per heavy atom. The fraction of sp³-hybridized carbons (Fsp3) is 0.176. The molecular formula is C17H16N2O4S. The molecule has 24 heavy (non-hydrogen) atoms. The topological polar surface area (TPSA) is 78.3 Å². The summed E-state index contributed by atoms with van der Waals surface area (Å²) in [6.45, 7) is 0.0172. The largest absolute Gasteiger partial charge is 0.296 e. The zero-order valence-corrected chi connectivity index (χ0v) is 13.9. The maximum atomic E-state index is 12.4. The van der Waals surface area contributed by atoms with Crippen LogP contribution >= 0.6 is 0 Å². The van der Waals surface area contributed by atoms with Crippen LogP contribution in [0.4, 0.5) is 0 Å². The molecule has 1 heterocycles. The van der Waals surface area contributed by atoms with E-state index in [4.69, 9.17) is 0 Å². The first-order chi connectivity index (χ1) is 11.4. The van der Waals surface area contributed by atoms with Crippen molar-refractivity contribution in [1.82, 2.24) is 9.55 Å². The van der Waals surface area contributed by atoms with Crippen LogP contribution < -0.4 is 5.56 Å². The molecule has 3 aromatic rings. The summed E-state index contributed by atoms with van der Waals surface area (Å²) in [5, 5.41) is 0.483. The number of benzene rings is 2. The van der Waals surface area contributed by atoms with Gasteiger partial charge >= 0.3 is 0 Å². The predicted molar refractivity (Wildman–Crippen MR) is 92.2 cm³/mol. The maximum Gasteiger partial charge on any atom is 0.264 e. The minimum atomic E-state index is -3.52. The second-order valence-corrected chi connectivity index (χ2v) is 7.01. The lowest BCUT2D eigenvalue weighted by molar-refractivity contribution is 0.302. The number of rotatable bonds is 5. The van der Waals surface area contributed by atoms with Crippen LogP contribution in [0.2, 0.25) is 0 Å². The molecular weight excluding hydrogens is 328 g/mol. The van der Waals surface area contributed by atoms with Gasteiger partial charge in [-0.15, -0.1) is 0 Å². The van der Waals surface area contributed by atoms with Gasteiger partial charge in [-0.05, 0) is 23.3 Å². The lowest BCUT2D eigenvalue weighted by Gasteiger charge is -2.08. The minimum absolute atomic E-state index is 0.103. The highest BCUT2D eigenvalue weighted by molar-refractivity contribution is 7.85. The highest BCUT2D eigenvalue weighted by Crippen LogP contribution is 2.21. The van der Waals surface area contributed by atoms with Gasteiger partial charge in [-0.25, -0.2) is 4.98 Å². The maximum absolute atomic E-state index is 12.4. The molecule has 0 aliphatic heterocycles. The first kappa shape index (κ1) is 16.4. The third kappa shape index (κ3) is 3.69. The van der Waals surface area contributed by atoms with E-state index in [1.807, 2.05) is 42.5 Å². The highest BCUT2D eigenvalue weighted by Gasteiger charge is 2.07. The Labute approximate surface area is 139 Å². The van der Waals surface area contributed by atoms with Crippen LogP contribution in [0.1, 0.15) is 0 Å². The summed E-state index contributed by atoms with van der Waals surface area (Å²) in [6.07, 6.45) is 2.38. The smallest absolute Gasteiger partial charge is 0.264 e. The molecule has 0 amide bonds. The second-order valence-electron chi connectivity index (χ2n) is 5.37. The van der Waals surface area contributed by atoms with Gasteiger partial charge in [0.2, 0.25) is 0 Å². The summed E-state index contributed by atoms with van der Waals surface area (Å²) in [5.74, 6) is 0. The van der Waals surface area contributed by atoms with Crippen LogP contribution in [0.3, 0.4) is 0 Å². The van der Waals surface area contributed by atoms with E-state index in [0.717, 1.165) is 17.4 Å². The second kappa shape index (κ2) is 6.54. The molecule has 0 unspecified atom stereocenters. The Morgan fingerprint density at radius 2 is 1.83 bits per heavy atom. The Morgan fingerprint density at radius 1 is 1.08 bits per heavy atom. The van der Waals surface area contributed by atoms with Crippen LogP contribution in [0.5, 0.6) is 0 Å². The molecule has 2 aromatic carbocycles. The van der Waals surface area contributed by atoms with Gasteiger partial charge in [0.15, 0.2) is 0 Å². The third-order valence-corrected chi connectivity index (χ3v) is 4.16. The van der Waals surface area contributed by atoms with E-state index in [-0.39, 0.29) is 18.7 Å². The van der Waals surface area contributed by atoms with Gasteiger partial charge in [0.05, 0.1) is 36.6 Å². The van der Waals surface area contributed by atoms with E-state index in [9.17, 15) is 13.2 Å². The molecule has 3 rings (SSSR count). The Hall–Kier alpha value is -2.51. The van der Waals surface area contributed by atoms with E-state index in [2.05, 4.69) is 9.17 Å². The van der Waals surface area contributed by atoms with Crippen molar-refractivity contribution in [3.8, 4) is 11.1 Å². The SMILES string of the molecule is CS(=O)(=O)OCCn1cnc2cc(-c3ccccc3)ccc2c1=O. The van der Waals surface area contributed by atoms with Crippen molar-refractivity contribution in [2.45, 2.75) is 6.54 Å². The number of nitrogens with zero attached hydrogens (tertiary/aromatic N) is 2. The Balaban J connectivity index is 1.91. The molecule has 1 aromatic heterocycles. The van der Waals surface area contributed by atoms with Crippen molar-refractivity contribution >= 4 is 21.0 Å². The van der Waals surface area contributed by atoms with E-state index in [0.29, 0.717) is 10.9 Å². The van der Waals surface area contributed by atoms with Gasteiger partial charge in [-0.1, -0.05) is 36.4 Å². The molecule has 124 valence electrons. The normalized spacial score (nSPS) is 11.7. The lowest BCUT2D eigenvalue weighted by atomic mass is 10.0. The quantitative estimate of drug-likeness (QED) is 0.662. The van der Waals surface area contributed by atoms with E-state index >= 15 is 0 Å². The van der Waals surface area contributed by atoms with Crippen LogP contribution in [-0.4, -0.2) is 30.8 Å². The summed E-state index contributed by atoms with van der Waals surface area (Å²) >= 11 is 0. The summed E-state index contributed by atoms with van der Waals surface area (Å²) in [4.78, 5) is 16.8.